The molecule has 4 N–H and O–H groups in total. The summed E-state index contributed by atoms with van der Waals surface area (Å²) in [5, 5.41) is 37.0. The molecule has 0 saturated carbocycles. The number of aryl methyl sites for hydroxylation is 2. The maximum atomic E-state index is 9.25. The van der Waals surface area contributed by atoms with Crippen LogP contribution in [0, 0.1) is 123 Å². The van der Waals surface area contributed by atoms with E-state index in [2.05, 4.69) is 159 Å². The van der Waals surface area contributed by atoms with Crippen molar-refractivity contribution in [2.24, 2.45) is 0 Å². The Balaban J connectivity index is -0.0000000507. The molecule has 0 aliphatic heterocycles. The molecule has 110 heavy (non-hydrogen) atoms. The molecule has 0 spiro atoms. The van der Waals surface area contributed by atoms with E-state index in [1.165, 1.54) is 35.4 Å². The van der Waals surface area contributed by atoms with Gasteiger partial charge >= 0.3 is 14.2 Å². The van der Waals surface area contributed by atoms with Gasteiger partial charge in [-0.25, -0.2) is 208 Å². The van der Waals surface area contributed by atoms with Crippen LogP contribution in [0.15, 0.2) is 182 Å². The van der Waals surface area contributed by atoms with E-state index in [-0.39, 0.29) is 992 Å². The van der Waals surface area contributed by atoms with Gasteiger partial charge in [0.2, 0.25) is 0 Å². The molecule has 0 saturated heterocycles. The third-order valence-corrected chi connectivity index (χ3v) is 13.4. The van der Waals surface area contributed by atoms with Gasteiger partial charge in [0.1, 0.15) is 0 Å². The second kappa shape index (κ2) is 103. The van der Waals surface area contributed by atoms with Crippen molar-refractivity contribution in [3.63, 3.8) is 0 Å². The number of hydrogen-bond acceptors (Lipinski definition) is 4. The number of hydrogen-bond donors (Lipinski definition) is 4. The molecule has 0 amide bonds. The van der Waals surface area contributed by atoms with Crippen molar-refractivity contribution in [1.29, 1.82) is 0 Å². The van der Waals surface area contributed by atoms with Crippen LogP contribution in [0.4, 0.5) is 0 Å². The smallest absolute Gasteiger partial charge is 0.406 e. The van der Waals surface area contributed by atoms with Crippen LogP contribution in [0.1, 0.15) is 11.1 Å². The number of benzene rings is 12. The standard InChI is InChI=1S/2C24H10.C14H12.C12H8B2O4.30Y/c2*1-2-10-18-17(9-1)19-11-3-4-13-21(19)23-15-7-8-16-24(23)22-14-6-5-12-20(18)22;1-11-7-3-5-9-13(11)14-10-6-4-8-12(14)2;15-13(16)11-7-3-1-5-9(11)10-6-2-4-8-12(10)14(17)18;;;;;;;;;;;;;;;;;;;;;;;;;;;;;;/h2*1-9,14H;3-8H,1-2H3;1-4,15-18H;;;;;;;;;;;;;;;;;;;;;;;;;;;;;;/q2*-6;-2;-4;;;;;;;;;;;;;;;;;;;;;;;;;;;;;;. The molecule has 0 unspecified atom stereocenters. The molecule has 36 heteroatoms. The normalized spacial score (nSPS) is 7.91. The van der Waals surface area contributed by atoms with Gasteiger partial charge in [0, 0.05) is 981 Å². The first kappa shape index (κ1) is 182. The van der Waals surface area contributed by atoms with Crippen molar-refractivity contribution in [1.82, 2.24) is 0 Å². The first-order valence-corrected chi connectivity index (χ1v) is 25.5. The summed E-state index contributed by atoms with van der Waals surface area (Å²) in [6.45, 7) is 4.21. The Labute approximate surface area is 1410 Å². The fraction of sp³-hybridized carbons (Fsp3) is 0.0270. The first-order valence-electron chi connectivity index (χ1n) is 25.5. The molecule has 0 aromatic heterocycles. The van der Waals surface area contributed by atoms with Gasteiger partial charge in [-0.15, -0.1) is 36.4 Å². The fourth-order valence-corrected chi connectivity index (χ4v) is 9.84. The van der Waals surface area contributed by atoms with Gasteiger partial charge in [-0.05, 0) is 0 Å². The van der Waals surface area contributed by atoms with Crippen LogP contribution in [0.3, 0.4) is 0 Å². The molecule has 14 rings (SSSR count). The minimum atomic E-state index is -1.73. The summed E-state index contributed by atoms with van der Waals surface area (Å²) in [6, 6.07) is 116. The van der Waals surface area contributed by atoms with Crippen molar-refractivity contribution in [3.05, 3.63) is 302 Å². The predicted molar refractivity (Wildman–Crippen MR) is 315 cm³/mol. The minimum absolute atomic E-state index is 0. The van der Waals surface area contributed by atoms with E-state index in [1.54, 1.807) is 0 Å². The zero-order valence-electron chi connectivity index (χ0n) is 60.6. The van der Waals surface area contributed by atoms with E-state index < -0.39 is 14.2 Å². The molecule has 474 valence electrons. The number of fused-ring (bicyclic) bond motifs is 16. The Morgan fingerprint density at radius 2 is 0.309 bits per heavy atom. The van der Waals surface area contributed by atoms with Crippen LogP contribution < -0.4 is 10.9 Å². The van der Waals surface area contributed by atoms with Crippen molar-refractivity contribution in [2.75, 3.05) is 0 Å². The molecule has 0 bridgehead atoms. The molecule has 0 heterocycles. The third kappa shape index (κ3) is 54.2. The van der Waals surface area contributed by atoms with Crippen molar-refractivity contribution < 1.29 is 1000 Å². The van der Waals surface area contributed by atoms with E-state index in [9.17, 15) is 20.1 Å². The maximum Gasteiger partial charge on any atom is 0.406 e. The quantitative estimate of drug-likeness (QED) is 0.105. The zero-order chi connectivity index (χ0) is 55.0. The Kier molecular flexibility index (Phi) is 170. The molecular formula is C74H40B2O4Y30-18. The number of rotatable bonds is 4. The van der Waals surface area contributed by atoms with Crippen LogP contribution in [-0.4, -0.2) is 34.3 Å². The molecule has 30 radical (unpaired) electrons. The van der Waals surface area contributed by atoms with Gasteiger partial charge in [0.15, 0.2) is 0 Å². The Morgan fingerprint density at radius 3 is 0.491 bits per heavy atom. The van der Waals surface area contributed by atoms with Crippen LogP contribution in [0.2, 0.25) is 0 Å². The van der Waals surface area contributed by atoms with Crippen LogP contribution in [-0.2, 0) is 981 Å². The van der Waals surface area contributed by atoms with Crippen molar-refractivity contribution >= 4 is 25.2 Å². The minimum Gasteiger partial charge on any atom is -0.433 e. The Morgan fingerprint density at radius 1 is 0.164 bits per heavy atom. The summed E-state index contributed by atoms with van der Waals surface area (Å²) in [5.74, 6) is 0. The van der Waals surface area contributed by atoms with Gasteiger partial charge in [-0.3, -0.25) is 59.7 Å². The largest absolute Gasteiger partial charge is 0.433 e. The maximum absolute atomic E-state index is 9.25. The predicted octanol–water partition coefficient (Wildman–Crippen LogP) is 12.3. The van der Waals surface area contributed by atoms with Gasteiger partial charge in [-0.1, -0.05) is 13.8 Å². The molecule has 2 aliphatic carbocycles. The third-order valence-electron chi connectivity index (χ3n) is 13.4. The van der Waals surface area contributed by atoms with E-state index in [0.29, 0.717) is 11.1 Å². The summed E-state index contributed by atoms with van der Waals surface area (Å²) < 4.78 is 0. The molecule has 0 atom stereocenters. The van der Waals surface area contributed by atoms with Crippen molar-refractivity contribution in [2.45, 2.75) is 13.8 Å². The molecule has 12 aromatic carbocycles. The van der Waals surface area contributed by atoms with Gasteiger partial charge in [0.25, 0.3) is 0 Å². The zero-order valence-corrected chi connectivity index (χ0v) is 146. The Hall–Kier alpha value is 23.7. The van der Waals surface area contributed by atoms with E-state index in [4.69, 9.17) is 0 Å². The molecule has 0 fully saturated rings. The average molecular weight is 3680 g/mol. The van der Waals surface area contributed by atoms with Crippen molar-refractivity contribution in [3.8, 4) is 111 Å². The van der Waals surface area contributed by atoms with Crippen LogP contribution in [0.25, 0.3) is 111 Å². The Bertz CT molecular complexity index is 3390. The second-order valence-electron chi connectivity index (χ2n) is 18.3. The van der Waals surface area contributed by atoms with E-state index >= 15 is 0 Å². The summed E-state index contributed by atoms with van der Waals surface area (Å²) in [4.78, 5) is 0. The summed E-state index contributed by atoms with van der Waals surface area (Å²) >= 11 is 0. The van der Waals surface area contributed by atoms with Crippen LogP contribution in [0.5, 0.6) is 0 Å². The SMILES string of the molecule is Cc1ccc[c-]c1-c1[c-]cccc1C.OB(O)c1[c-]cc[c-]c1-c1[c-]cc[c-]c1B(O)O.[Y].[Y].[Y].[Y].[Y].[Y].[Y].[Y].[Y].[Y].[Y].[Y].[Y].[Y].[Y].[Y].[Y].[Y].[Y].[Y].[Y].[Y].[Y].[Y].[Y].[Y].[Y].[Y].[Y].[Y].[c-]1cc[c-]c2c1-c1[c-]cc[c-]c1-c1ccc[c-]c1-c1[c-]cccc1-2.[c-]1cc[c-]c2c1-c1[c-]cc[c-]c1-c1ccc[c-]c1-c1[c-]cccc1-2. The molecule has 4 nitrogen and oxygen atoms in total. The van der Waals surface area contributed by atoms with Gasteiger partial charge < -0.3 is 20.1 Å². The molecule has 2 aliphatic rings. The summed E-state index contributed by atoms with van der Waals surface area (Å²) in [6.07, 6.45) is 0. The monoisotopic (exact) mass is 3680 g/mol. The fourth-order valence-electron chi connectivity index (χ4n) is 9.84. The van der Waals surface area contributed by atoms with E-state index in [0.717, 1.165) is 100 Å². The summed E-state index contributed by atoms with van der Waals surface area (Å²) in [5.41, 5.74) is 22.2. The second-order valence-corrected chi connectivity index (χ2v) is 18.3. The van der Waals surface area contributed by atoms with E-state index in [1.807, 2.05) is 121 Å². The van der Waals surface area contributed by atoms with Gasteiger partial charge in [-0.2, -0.15) is 120 Å². The van der Waals surface area contributed by atoms with Gasteiger partial charge in [0.05, 0.1) is 0 Å². The van der Waals surface area contributed by atoms with Crippen LogP contribution >= 0.6 is 0 Å². The molecule has 12 aromatic rings. The first-order chi connectivity index (χ1) is 39.3. The average Bonchev–Trinajstić information content (AvgIpc) is 0.758. The molecular weight excluding hydrogens is 3640 g/mol. The topological polar surface area (TPSA) is 80.9 Å². The summed E-state index contributed by atoms with van der Waals surface area (Å²) in [7, 11) is -3.45.